The monoisotopic (exact) mass is 818 g/mol. The lowest BCUT2D eigenvalue weighted by Crippen LogP contribution is -2.37. The molecule has 1 saturated heterocycles. The fourth-order valence-corrected chi connectivity index (χ4v) is 6.11. The molecule has 0 radical (unpaired) electrons. The zero-order chi connectivity index (χ0) is 41.9. The van der Waals surface area contributed by atoms with Gasteiger partial charge in [0.15, 0.2) is 6.10 Å². The number of esters is 2. The summed E-state index contributed by atoms with van der Waals surface area (Å²) in [7, 11) is 1.08. The van der Waals surface area contributed by atoms with Gasteiger partial charge >= 0.3 is 11.9 Å². The number of ether oxygens (including phenoxy) is 3. The van der Waals surface area contributed by atoms with E-state index in [4.69, 9.17) is 23.3 Å². The minimum Gasteiger partial charge on any atom is -0.756 e. The number of rotatable bonds is 36. The van der Waals surface area contributed by atoms with Crippen LogP contribution in [0.5, 0.6) is 0 Å². The molecular formula is C46H76NO9P. The predicted molar refractivity (Wildman–Crippen MR) is 230 cm³/mol. The van der Waals surface area contributed by atoms with Crippen LogP contribution in [0.2, 0.25) is 0 Å². The third kappa shape index (κ3) is 34.9. The van der Waals surface area contributed by atoms with Crippen LogP contribution in [0.1, 0.15) is 129 Å². The predicted octanol–water partition coefficient (Wildman–Crippen LogP) is 10.4. The number of epoxide rings is 1. The molecule has 0 amide bonds. The number of phosphoric ester groups is 1. The fraction of sp³-hybridized carbons (Fsp3) is 0.652. The van der Waals surface area contributed by atoms with Crippen LogP contribution in [-0.4, -0.2) is 82.2 Å². The van der Waals surface area contributed by atoms with E-state index in [1.54, 1.807) is 0 Å². The highest BCUT2D eigenvalue weighted by atomic mass is 31.2. The number of hydrogen-bond donors (Lipinski definition) is 0. The van der Waals surface area contributed by atoms with E-state index in [1.165, 1.54) is 19.3 Å². The van der Waals surface area contributed by atoms with Crippen LogP contribution in [0.15, 0.2) is 85.1 Å². The zero-order valence-corrected chi connectivity index (χ0v) is 36.8. The number of carbonyl (C=O) groups is 2. The van der Waals surface area contributed by atoms with E-state index in [0.717, 1.165) is 70.6 Å². The molecule has 1 fully saturated rings. The SMILES string of the molecule is CC/C=C\C/C=C\C/C=C\C/C=C\CCCCC(=O)O[C@H](COC(=O)CCCC1OC1C/C=C\C/C=C\C/C=C\CCCCC)COP(=O)([O-])OCC[N+](C)(C)C. The molecule has 0 N–H and O–H groups in total. The minimum atomic E-state index is -4.66. The zero-order valence-electron chi connectivity index (χ0n) is 35.9. The molecule has 10 nitrogen and oxygen atoms in total. The van der Waals surface area contributed by atoms with E-state index >= 15 is 0 Å². The van der Waals surface area contributed by atoms with Crippen molar-refractivity contribution in [2.75, 3.05) is 47.5 Å². The molecule has 1 heterocycles. The lowest BCUT2D eigenvalue weighted by molar-refractivity contribution is -0.870. The molecule has 11 heteroatoms. The van der Waals surface area contributed by atoms with Crippen LogP contribution in [0.4, 0.5) is 0 Å². The van der Waals surface area contributed by atoms with Crippen molar-refractivity contribution < 1.29 is 46.8 Å². The number of carbonyl (C=O) groups excluding carboxylic acids is 2. The Hall–Kier alpha value is -2.85. The first-order valence-electron chi connectivity index (χ1n) is 21.4. The van der Waals surface area contributed by atoms with E-state index in [9.17, 15) is 19.0 Å². The summed E-state index contributed by atoms with van der Waals surface area (Å²) in [5, 5.41) is 0. The van der Waals surface area contributed by atoms with E-state index in [-0.39, 0.29) is 38.3 Å². The first kappa shape index (κ1) is 52.2. The maximum atomic E-state index is 12.7. The van der Waals surface area contributed by atoms with Gasteiger partial charge in [0.25, 0.3) is 7.82 Å². The largest absolute Gasteiger partial charge is 0.756 e. The van der Waals surface area contributed by atoms with Gasteiger partial charge in [-0.1, -0.05) is 112 Å². The molecule has 0 aromatic heterocycles. The second kappa shape index (κ2) is 34.1. The summed E-state index contributed by atoms with van der Waals surface area (Å²) < 4.78 is 39.6. The molecule has 1 aliphatic heterocycles. The average Bonchev–Trinajstić information content (AvgIpc) is 3.91. The summed E-state index contributed by atoms with van der Waals surface area (Å²) in [5.41, 5.74) is 0. The van der Waals surface area contributed by atoms with Gasteiger partial charge in [-0.15, -0.1) is 0 Å². The molecule has 0 saturated carbocycles. The van der Waals surface area contributed by atoms with Gasteiger partial charge in [0, 0.05) is 12.8 Å². The second-order valence-electron chi connectivity index (χ2n) is 15.4. The Labute approximate surface area is 346 Å². The molecule has 324 valence electrons. The first-order valence-corrected chi connectivity index (χ1v) is 22.9. The third-order valence-corrected chi connectivity index (χ3v) is 9.79. The van der Waals surface area contributed by atoms with E-state index in [1.807, 2.05) is 21.1 Å². The van der Waals surface area contributed by atoms with E-state index < -0.39 is 32.5 Å². The molecular weight excluding hydrogens is 741 g/mol. The quantitative estimate of drug-likeness (QED) is 0.0152. The van der Waals surface area contributed by atoms with Gasteiger partial charge in [-0.3, -0.25) is 14.2 Å². The number of likely N-dealkylation sites (N-methyl/N-ethyl adjacent to an activating group) is 1. The van der Waals surface area contributed by atoms with Crippen molar-refractivity contribution in [2.45, 2.75) is 148 Å². The topological polar surface area (TPSA) is 124 Å². The van der Waals surface area contributed by atoms with Crippen molar-refractivity contribution in [3.05, 3.63) is 85.1 Å². The van der Waals surface area contributed by atoms with Crippen molar-refractivity contribution in [2.24, 2.45) is 0 Å². The van der Waals surface area contributed by atoms with E-state index in [0.29, 0.717) is 23.9 Å². The summed E-state index contributed by atoms with van der Waals surface area (Å²) in [5.74, 6) is -0.970. The van der Waals surface area contributed by atoms with Crippen molar-refractivity contribution in [1.82, 2.24) is 0 Å². The molecule has 3 unspecified atom stereocenters. The Morgan fingerprint density at radius 2 is 1.21 bits per heavy atom. The number of unbranched alkanes of at least 4 members (excludes halogenated alkanes) is 5. The van der Waals surface area contributed by atoms with Crippen molar-refractivity contribution in [3.63, 3.8) is 0 Å². The molecule has 57 heavy (non-hydrogen) atoms. The highest BCUT2D eigenvalue weighted by Gasteiger charge is 2.36. The number of quaternary nitrogens is 1. The number of nitrogens with zero attached hydrogens (tertiary/aromatic N) is 1. The van der Waals surface area contributed by atoms with Crippen LogP contribution in [0.3, 0.4) is 0 Å². The Morgan fingerprint density at radius 3 is 1.79 bits per heavy atom. The van der Waals surface area contributed by atoms with Gasteiger partial charge < -0.3 is 32.6 Å². The average molecular weight is 818 g/mol. The molecule has 0 aromatic rings. The van der Waals surface area contributed by atoms with Gasteiger partial charge in [-0.25, -0.2) is 0 Å². The van der Waals surface area contributed by atoms with Crippen LogP contribution in [0.25, 0.3) is 0 Å². The lowest BCUT2D eigenvalue weighted by atomic mass is 10.1. The maximum Gasteiger partial charge on any atom is 0.306 e. The van der Waals surface area contributed by atoms with Crippen LogP contribution < -0.4 is 4.89 Å². The number of allylic oxidation sites excluding steroid dienone is 13. The molecule has 0 aliphatic carbocycles. The number of phosphoric acid groups is 1. The van der Waals surface area contributed by atoms with Crippen molar-refractivity contribution >= 4 is 19.8 Å². The lowest BCUT2D eigenvalue weighted by Gasteiger charge is -2.28. The summed E-state index contributed by atoms with van der Waals surface area (Å²) in [4.78, 5) is 37.6. The molecule has 1 rings (SSSR count). The van der Waals surface area contributed by atoms with E-state index in [2.05, 4.69) is 98.9 Å². The summed E-state index contributed by atoms with van der Waals surface area (Å²) >= 11 is 0. The molecule has 4 atom stereocenters. The Kier molecular flexibility index (Phi) is 31.2. The highest BCUT2D eigenvalue weighted by Crippen LogP contribution is 2.38. The standard InChI is InChI=1S/C46H76NO9P/c1-6-8-10-12-14-16-18-20-21-22-24-26-28-30-32-36-46(49)55-42(41-54-57(50,51)53-39-38-47(3,4)5)40-52-45(48)37-33-35-44-43(56-44)34-31-29-27-25-23-19-17-15-13-11-9-7-2/h8,10,14-17,20-21,23-26,29,31,42-44H,6-7,9,11-13,18-19,22,27-28,30,32-41H2,1-5H3/b10-8-,16-14-,17-15-,21-20-,25-23-,26-24-,31-29-/t42-,43?,44?/m1/s1. The molecule has 0 spiro atoms. The Bertz CT molecular complexity index is 1310. The highest BCUT2D eigenvalue weighted by molar-refractivity contribution is 7.45. The van der Waals surface area contributed by atoms with Gasteiger partial charge in [0.1, 0.15) is 19.8 Å². The van der Waals surface area contributed by atoms with Gasteiger partial charge in [0.05, 0.1) is 40.0 Å². The fourth-order valence-electron chi connectivity index (χ4n) is 5.38. The maximum absolute atomic E-state index is 12.7. The molecule has 1 aliphatic rings. The summed E-state index contributed by atoms with van der Waals surface area (Å²) in [6.45, 7) is 3.91. The second-order valence-corrected chi connectivity index (χ2v) is 16.8. The number of hydrogen-bond acceptors (Lipinski definition) is 9. The van der Waals surface area contributed by atoms with Crippen molar-refractivity contribution in [1.29, 1.82) is 0 Å². The summed E-state index contributed by atoms with van der Waals surface area (Å²) in [6, 6.07) is 0. The van der Waals surface area contributed by atoms with Gasteiger partial charge in [-0.05, 0) is 89.9 Å². The normalized spacial score (nSPS) is 18.0. The Balaban J connectivity index is 2.39. The third-order valence-electron chi connectivity index (χ3n) is 8.82. The van der Waals surface area contributed by atoms with Gasteiger partial charge in [0.2, 0.25) is 0 Å². The first-order chi connectivity index (χ1) is 27.5. The summed E-state index contributed by atoms with van der Waals surface area (Å²) in [6.07, 6.45) is 44.9. The molecule has 0 bridgehead atoms. The van der Waals surface area contributed by atoms with Gasteiger partial charge in [-0.2, -0.15) is 0 Å². The minimum absolute atomic E-state index is 0.0560. The van der Waals surface area contributed by atoms with Crippen molar-refractivity contribution in [3.8, 4) is 0 Å². The van der Waals surface area contributed by atoms with Crippen LogP contribution >= 0.6 is 7.82 Å². The molecule has 0 aromatic carbocycles. The van der Waals surface area contributed by atoms with Crippen LogP contribution in [-0.2, 0) is 37.4 Å². The smallest absolute Gasteiger partial charge is 0.306 e. The van der Waals surface area contributed by atoms with Crippen LogP contribution in [0, 0.1) is 0 Å². The Morgan fingerprint density at radius 1 is 0.667 bits per heavy atom.